The number of carbonyl (C=O) groups is 1. The third kappa shape index (κ3) is 6.34. The summed E-state index contributed by atoms with van der Waals surface area (Å²) in [6, 6.07) is 22.3. The number of nitrogens with zero attached hydrogens (tertiary/aromatic N) is 1. The monoisotopic (exact) mass is 515 g/mol. The van der Waals surface area contributed by atoms with Crippen LogP contribution in [0.1, 0.15) is 34.2 Å². The summed E-state index contributed by atoms with van der Waals surface area (Å²) < 4.78 is 28.1. The number of piperidine rings is 1. The van der Waals surface area contributed by atoms with Crippen molar-refractivity contribution in [1.82, 2.24) is 4.31 Å². The van der Waals surface area contributed by atoms with Crippen LogP contribution < -0.4 is 0 Å². The van der Waals surface area contributed by atoms with Gasteiger partial charge in [-0.15, -0.1) is 0 Å². The summed E-state index contributed by atoms with van der Waals surface area (Å²) in [7, 11) is -3.82. The van der Waals surface area contributed by atoms with Crippen molar-refractivity contribution in [3.05, 3.63) is 113 Å². The lowest BCUT2D eigenvalue weighted by atomic mass is 9.78. The number of hydrogen-bond acceptors (Lipinski definition) is 4. The largest absolute Gasteiger partial charge is 0.385 e. The number of rotatable bonds is 7. The van der Waals surface area contributed by atoms with Gasteiger partial charge in [0.05, 0.1) is 16.4 Å². The summed E-state index contributed by atoms with van der Waals surface area (Å²) in [4.78, 5) is 13.6. The molecule has 1 aliphatic rings. The number of sulfonamides is 1. The van der Waals surface area contributed by atoms with E-state index in [1.54, 1.807) is 42.5 Å². The zero-order chi connectivity index (χ0) is 26.6. The molecule has 1 N–H and O–H groups in total. The van der Waals surface area contributed by atoms with Crippen molar-refractivity contribution in [3.63, 3.8) is 0 Å². The number of ketones is 1. The molecule has 192 valence electrons. The number of carbonyl (C=O) groups excluding carboxylic acids is 1. The summed E-state index contributed by atoms with van der Waals surface area (Å²) >= 11 is 0. The Morgan fingerprint density at radius 1 is 0.838 bits per heavy atom. The van der Waals surface area contributed by atoms with Crippen molar-refractivity contribution in [2.24, 2.45) is 5.92 Å². The third-order valence-corrected chi connectivity index (χ3v) is 8.79. The van der Waals surface area contributed by atoms with E-state index in [1.807, 2.05) is 69.3 Å². The molecule has 0 saturated carbocycles. The first-order valence-corrected chi connectivity index (χ1v) is 13.8. The van der Waals surface area contributed by atoms with Gasteiger partial charge in [-0.25, -0.2) is 8.42 Å². The summed E-state index contributed by atoms with van der Waals surface area (Å²) in [5.74, 6) is -1.27. The highest BCUT2D eigenvalue weighted by Crippen LogP contribution is 2.34. The van der Waals surface area contributed by atoms with Crippen LogP contribution in [0.3, 0.4) is 0 Å². The van der Waals surface area contributed by atoms with Crippen molar-refractivity contribution < 1.29 is 18.3 Å². The van der Waals surface area contributed by atoms with Crippen LogP contribution in [0.25, 0.3) is 12.2 Å². The van der Waals surface area contributed by atoms with Crippen LogP contribution in [0.5, 0.6) is 0 Å². The van der Waals surface area contributed by atoms with Gasteiger partial charge in [0.25, 0.3) is 0 Å². The average molecular weight is 516 g/mol. The van der Waals surface area contributed by atoms with Gasteiger partial charge in [0.2, 0.25) is 10.0 Å². The number of benzene rings is 3. The Balaban J connectivity index is 1.64. The Hall–Kier alpha value is -3.32. The van der Waals surface area contributed by atoms with E-state index in [-0.39, 0.29) is 30.2 Å². The first kappa shape index (κ1) is 26.7. The summed E-state index contributed by atoms with van der Waals surface area (Å²) in [5, 5.41) is 11.7. The maximum atomic E-state index is 13.5. The molecule has 1 saturated heterocycles. The molecule has 1 heterocycles. The van der Waals surface area contributed by atoms with Gasteiger partial charge in [-0.05, 0) is 56.5 Å². The number of allylic oxidation sites excluding steroid dienone is 1. The van der Waals surface area contributed by atoms with Gasteiger partial charge in [-0.1, -0.05) is 95.6 Å². The van der Waals surface area contributed by atoms with E-state index in [0.29, 0.717) is 0 Å². The van der Waals surface area contributed by atoms with Gasteiger partial charge in [0, 0.05) is 13.1 Å². The maximum absolute atomic E-state index is 13.5. The lowest BCUT2D eigenvalue weighted by Crippen LogP contribution is -2.54. The highest BCUT2D eigenvalue weighted by atomic mass is 32.2. The van der Waals surface area contributed by atoms with Gasteiger partial charge in [0.1, 0.15) is 0 Å². The molecule has 2 atom stereocenters. The van der Waals surface area contributed by atoms with E-state index in [4.69, 9.17) is 0 Å². The fourth-order valence-corrected chi connectivity index (χ4v) is 5.89. The van der Waals surface area contributed by atoms with Crippen LogP contribution in [0, 0.1) is 26.7 Å². The van der Waals surface area contributed by atoms with Crippen LogP contribution in [0.2, 0.25) is 0 Å². The first-order chi connectivity index (χ1) is 17.6. The van der Waals surface area contributed by atoms with E-state index >= 15 is 0 Å². The molecule has 0 spiro atoms. The van der Waals surface area contributed by atoms with Gasteiger partial charge in [-0.3, -0.25) is 4.79 Å². The van der Waals surface area contributed by atoms with Crippen molar-refractivity contribution in [1.29, 1.82) is 0 Å². The second-order valence-electron chi connectivity index (χ2n) is 9.86. The first-order valence-electron chi connectivity index (χ1n) is 12.4. The Morgan fingerprint density at radius 2 is 1.32 bits per heavy atom. The van der Waals surface area contributed by atoms with E-state index in [1.165, 1.54) is 10.4 Å². The molecule has 0 bridgehead atoms. The standard InChI is InChI=1S/C31H33NO4S/c1-23-4-10-26(11-5-23)14-17-30(33)29-22-32(37(35,36)28-15-8-25(3)9-16-28)21-20-31(29,34)19-18-27-12-6-24(2)7-13-27/h4-19,29,34H,20-22H2,1-3H3/b17-14+,19-18+/t29-,31-/m0/s1. The predicted octanol–water partition coefficient (Wildman–Crippen LogP) is 5.35. The molecule has 0 unspecified atom stereocenters. The Morgan fingerprint density at radius 3 is 1.86 bits per heavy atom. The zero-order valence-corrected chi connectivity index (χ0v) is 22.3. The molecule has 6 heteroatoms. The number of hydrogen-bond donors (Lipinski definition) is 1. The minimum atomic E-state index is -3.82. The molecule has 1 fully saturated rings. The normalized spacial score (nSPS) is 21.0. The molecule has 0 radical (unpaired) electrons. The fourth-order valence-electron chi connectivity index (χ4n) is 4.43. The summed E-state index contributed by atoms with van der Waals surface area (Å²) in [6.07, 6.45) is 6.71. The molecular weight excluding hydrogens is 482 g/mol. The van der Waals surface area contributed by atoms with Crippen LogP contribution >= 0.6 is 0 Å². The lowest BCUT2D eigenvalue weighted by molar-refractivity contribution is -0.127. The van der Waals surface area contributed by atoms with E-state index in [0.717, 1.165) is 27.8 Å². The smallest absolute Gasteiger partial charge is 0.243 e. The van der Waals surface area contributed by atoms with Crippen LogP contribution in [0.15, 0.2) is 89.8 Å². The predicted molar refractivity (Wildman–Crippen MR) is 148 cm³/mol. The van der Waals surface area contributed by atoms with Gasteiger partial charge in [0.15, 0.2) is 5.78 Å². The van der Waals surface area contributed by atoms with Crippen molar-refractivity contribution in [2.75, 3.05) is 13.1 Å². The van der Waals surface area contributed by atoms with Crippen LogP contribution in [-0.2, 0) is 14.8 Å². The highest BCUT2D eigenvalue weighted by molar-refractivity contribution is 7.89. The Labute approximate surface area is 219 Å². The number of aliphatic hydroxyl groups is 1. The second kappa shape index (κ2) is 11.0. The lowest BCUT2D eigenvalue weighted by Gasteiger charge is -2.41. The topological polar surface area (TPSA) is 74.7 Å². The molecule has 0 amide bonds. The Kier molecular flexibility index (Phi) is 7.93. The molecular formula is C31H33NO4S. The molecule has 3 aromatic rings. The van der Waals surface area contributed by atoms with E-state index in [2.05, 4.69) is 0 Å². The van der Waals surface area contributed by atoms with E-state index < -0.39 is 21.5 Å². The van der Waals surface area contributed by atoms with Gasteiger partial charge in [-0.2, -0.15) is 4.31 Å². The Bertz CT molecular complexity index is 1410. The SMILES string of the molecule is Cc1ccc(/C=C/C(=O)[C@@H]2CN(S(=O)(=O)c3ccc(C)cc3)CC[C@@]2(O)/C=C/c2ccc(C)cc2)cc1. The molecule has 0 aromatic heterocycles. The molecule has 1 aliphatic heterocycles. The minimum absolute atomic E-state index is 0.106. The molecule has 5 nitrogen and oxygen atoms in total. The zero-order valence-electron chi connectivity index (χ0n) is 21.5. The fraction of sp³-hybridized carbons (Fsp3) is 0.258. The van der Waals surface area contributed by atoms with Gasteiger partial charge >= 0.3 is 0 Å². The highest BCUT2D eigenvalue weighted by Gasteiger charge is 2.46. The van der Waals surface area contributed by atoms with Crippen LogP contribution in [0.4, 0.5) is 0 Å². The molecule has 37 heavy (non-hydrogen) atoms. The van der Waals surface area contributed by atoms with Crippen molar-refractivity contribution >= 4 is 28.0 Å². The molecule has 3 aromatic carbocycles. The van der Waals surface area contributed by atoms with Gasteiger partial charge < -0.3 is 5.11 Å². The summed E-state index contributed by atoms with van der Waals surface area (Å²) in [5.41, 5.74) is 3.47. The quantitative estimate of drug-likeness (QED) is 0.431. The third-order valence-electron chi connectivity index (χ3n) is 6.91. The molecule has 0 aliphatic carbocycles. The second-order valence-corrected chi connectivity index (χ2v) is 11.8. The van der Waals surface area contributed by atoms with Crippen LogP contribution in [-0.4, -0.2) is 42.3 Å². The number of aryl methyl sites for hydroxylation is 3. The van der Waals surface area contributed by atoms with Crippen molar-refractivity contribution in [3.8, 4) is 0 Å². The maximum Gasteiger partial charge on any atom is 0.243 e. The summed E-state index contributed by atoms with van der Waals surface area (Å²) in [6.45, 7) is 5.88. The minimum Gasteiger partial charge on any atom is -0.385 e. The average Bonchev–Trinajstić information content (AvgIpc) is 2.88. The molecule has 4 rings (SSSR count). The van der Waals surface area contributed by atoms with E-state index in [9.17, 15) is 18.3 Å². The van der Waals surface area contributed by atoms with Crippen molar-refractivity contribution in [2.45, 2.75) is 37.7 Å².